The van der Waals surface area contributed by atoms with E-state index in [-0.39, 0.29) is 24.0 Å². The fourth-order valence-electron chi connectivity index (χ4n) is 3.41. The van der Waals surface area contributed by atoms with Crippen molar-refractivity contribution in [1.82, 2.24) is 15.1 Å². The van der Waals surface area contributed by atoms with Crippen LogP contribution < -0.4 is 11.1 Å². The van der Waals surface area contributed by atoms with Crippen LogP contribution in [0.4, 0.5) is 0 Å². The maximum absolute atomic E-state index is 11.2. The van der Waals surface area contributed by atoms with Gasteiger partial charge in [-0.3, -0.25) is 9.69 Å². The van der Waals surface area contributed by atoms with Gasteiger partial charge >= 0.3 is 0 Å². The van der Waals surface area contributed by atoms with E-state index in [4.69, 9.17) is 10.7 Å². The monoisotopic (exact) mass is 533 g/mol. The van der Waals surface area contributed by atoms with Crippen LogP contribution in [0, 0.1) is 0 Å². The summed E-state index contributed by atoms with van der Waals surface area (Å²) >= 11 is 0. The van der Waals surface area contributed by atoms with Gasteiger partial charge in [-0.15, -0.1) is 24.0 Å². The molecule has 1 heterocycles. The van der Waals surface area contributed by atoms with Crippen molar-refractivity contribution >= 4 is 41.9 Å². The minimum atomic E-state index is -0.408. The molecule has 1 amide bonds. The molecule has 166 valence electrons. The molecule has 0 bridgehead atoms. The number of aliphatic imine (C=N–C) groups is 1. The Morgan fingerprint density at radius 3 is 2.35 bits per heavy atom. The number of carbonyl (C=O) groups is 1. The first-order valence-electron chi connectivity index (χ1n) is 10.5. The van der Waals surface area contributed by atoms with Crippen LogP contribution in [0.5, 0.6) is 0 Å². The second kappa shape index (κ2) is 13.1. The topological polar surface area (TPSA) is 74.0 Å². The third-order valence-corrected chi connectivity index (χ3v) is 5.13. The highest BCUT2D eigenvalue weighted by Crippen LogP contribution is 2.08. The van der Waals surface area contributed by atoms with Crippen molar-refractivity contribution in [3.63, 3.8) is 0 Å². The number of primary amides is 1. The molecule has 0 saturated carbocycles. The third-order valence-electron chi connectivity index (χ3n) is 5.13. The summed E-state index contributed by atoms with van der Waals surface area (Å²) in [6.45, 7) is 8.37. The van der Waals surface area contributed by atoms with Crippen molar-refractivity contribution in [3.05, 3.63) is 77.4 Å². The molecule has 0 spiro atoms. The number of halogens is 1. The number of amides is 1. The summed E-state index contributed by atoms with van der Waals surface area (Å²) < 4.78 is 0. The highest BCUT2D eigenvalue weighted by molar-refractivity contribution is 14.0. The summed E-state index contributed by atoms with van der Waals surface area (Å²) in [7, 11) is 0. The normalized spacial score (nSPS) is 15.0. The molecule has 0 atom stereocenters. The van der Waals surface area contributed by atoms with E-state index in [0.29, 0.717) is 12.1 Å². The number of rotatable bonds is 7. The second-order valence-corrected chi connectivity index (χ2v) is 7.33. The summed E-state index contributed by atoms with van der Waals surface area (Å²) in [5.41, 5.74) is 8.12. The van der Waals surface area contributed by atoms with E-state index < -0.39 is 5.91 Å². The Labute approximate surface area is 202 Å². The van der Waals surface area contributed by atoms with Crippen LogP contribution >= 0.6 is 24.0 Å². The molecule has 1 aliphatic rings. The van der Waals surface area contributed by atoms with E-state index in [1.807, 2.05) is 18.2 Å². The molecule has 1 aliphatic heterocycles. The fourth-order valence-corrected chi connectivity index (χ4v) is 3.41. The zero-order chi connectivity index (χ0) is 21.2. The Hall–Kier alpha value is -2.39. The van der Waals surface area contributed by atoms with Gasteiger partial charge in [0.1, 0.15) is 0 Å². The van der Waals surface area contributed by atoms with Crippen molar-refractivity contribution in [1.29, 1.82) is 0 Å². The molecule has 6 nitrogen and oxygen atoms in total. The number of nitrogens with two attached hydrogens (primary N) is 1. The number of hydrogen-bond donors (Lipinski definition) is 2. The molecule has 3 N–H and O–H groups in total. The Balaban J connectivity index is 0.00000341. The van der Waals surface area contributed by atoms with Crippen molar-refractivity contribution in [2.24, 2.45) is 10.7 Å². The first-order valence-corrected chi connectivity index (χ1v) is 10.5. The summed E-state index contributed by atoms with van der Waals surface area (Å²) in [4.78, 5) is 20.8. The SMILES string of the molecule is CCNC(=NCc1ccc(C(N)=O)cc1)N1CCN(C/C=C/c2ccccc2)CC1.I. The van der Waals surface area contributed by atoms with Gasteiger partial charge in [-0.25, -0.2) is 4.99 Å². The van der Waals surface area contributed by atoms with Gasteiger partial charge in [-0.1, -0.05) is 54.6 Å². The van der Waals surface area contributed by atoms with Crippen molar-refractivity contribution in [3.8, 4) is 0 Å². The van der Waals surface area contributed by atoms with Crippen LogP contribution in [0.25, 0.3) is 6.08 Å². The van der Waals surface area contributed by atoms with Crippen LogP contribution in [-0.2, 0) is 6.54 Å². The summed E-state index contributed by atoms with van der Waals surface area (Å²) in [5.74, 6) is 0.533. The number of hydrogen-bond acceptors (Lipinski definition) is 3. The lowest BCUT2D eigenvalue weighted by Gasteiger charge is -2.36. The minimum absolute atomic E-state index is 0. The molecule has 2 aromatic rings. The second-order valence-electron chi connectivity index (χ2n) is 7.33. The van der Waals surface area contributed by atoms with Gasteiger partial charge in [0.15, 0.2) is 5.96 Å². The quantitative estimate of drug-likeness (QED) is 0.326. The van der Waals surface area contributed by atoms with Crippen LogP contribution in [0.1, 0.15) is 28.4 Å². The first kappa shape index (κ1) is 24.9. The van der Waals surface area contributed by atoms with E-state index in [1.54, 1.807) is 12.1 Å². The molecular formula is C24H32IN5O. The Kier molecular flexibility index (Phi) is 10.5. The maximum Gasteiger partial charge on any atom is 0.248 e. The number of carbonyl (C=O) groups excluding carboxylic acids is 1. The lowest BCUT2D eigenvalue weighted by atomic mass is 10.1. The summed E-state index contributed by atoms with van der Waals surface area (Å²) in [6.07, 6.45) is 4.42. The van der Waals surface area contributed by atoms with Crippen LogP contribution in [0.3, 0.4) is 0 Å². The van der Waals surface area contributed by atoms with Gasteiger partial charge in [0.05, 0.1) is 6.54 Å². The lowest BCUT2D eigenvalue weighted by molar-refractivity contribution is 0.100. The molecule has 7 heteroatoms. The van der Waals surface area contributed by atoms with Gasteiger partial charge in [0.25, 0.3) is 0 Å². The molecule has 0 aromatic heterocycles. The Morgan fingerprint density at radius 1 is 1.06 bits per heavy atom. The van der Waals surface area contributed by atoms with Crippen molar-refractivity contribution in [2.75, 3.05) is 39.3 Å². The average molecular weight is 533 g/mol. The molecule has 1 fully saturated rings. The van der Waals surface area contributed by atoms with Gasteiger partial charge < -0.3 is 16.0 Å². The van der Waals surface area contributed by atoms with Crippen LogP contribution in [0.15, 0.2) is 65.7 Å². The van der Waals surface area contributed by atoms with Gasteiger partial charge in [0, 0.05) is 44.8 Å². The van der Waals surface area contributed by atoms with E-state index in [0.717, 1.165) is 50.8 Å². The molecule has 2 aromatic carbocycles. The molecule has 31 heavy (non-hydrogen) atoms. The predicted molar refractivity (Wildman–Crippen MR) is 139 cm³/mol. The van der Waals surface area contributed by atoms with Crippen molar-refractivity contribution in [2.45, 2.75) is 13.5 Å². The van der Waals surface area contributed by atoms with Gasteiger partial charge in [-0.2, -0.15) is 0 Å². The maximum atomic E-state index is 11.2. The number of nitrogens with one attached hydrogen (secondary N) is 1. The largest absolute Gasteiger partial charge is 0.366 e. The molecule has 0 radical (unpaired) electrons. The number of nitrogens with zero attached hydrogens (tertiary/aromatic N) is 3. The average Bonchev–Trinajstić information content (AvgIpc) is 2.78. The summed E-state index contributed by atoms with van der Waals surface area (Å²) in [5, 5.41) is 3.40. The molecule has 0 unspecified atom stereocenters. The van der Waals surface area contributed by atoms with Crippen molar-refractivity contribution < 1.29 is 4.79 Å². The van der Waals surface area contributed by atoms with Gasteiger partial charge in [0.2, 0.25) is 5.91 Å². The molecule has 0 aliphatic carbocycles. The van der Waals surface area contributed by atoms with E-state index >= 15 is 0 Å². The zero-order valence-corrected chi connectivity index (χ0v) is 20.4. The Bertz CT molecular complexity index is 859. The fraction of sp³-hybridized carbons (Fsp3) is 0.333. The molecule has 1 saturated heterocycles. The smallest absolute Gasteiger partial charge is 0.248 e. The minimum Gasteiger partial charge on any atom is -0.366 e. The standard InChI is InChI=1S/C24H31N5O.HI/c1-2-26-24(27-19-21-10-12-22(13-11-21)23(25)30)29-17-15-28(16-18-29)14-6-9-20-7-4-3-5-8-20;/h3-13H,2,14-19H2,1H3,(H2,25,30)(H,26,27);1H/b9-6+;. The van der Waals surface area contributed by atoms with E-state index in [2.05, 4.69) is 58.5 Å². The zero-order valence-electron chi connectivity index (χ0n) is 18.0. The molecule has 3 rings (SSSR count). The molecular weight excluding hydrogens is 501 g/mol. The van der Waals surface area contributed by atoms with Crippen LogP contribution in [0.2, 0.25) is 0 Å². The number of guanidine groups is 1. The third kappa shape index (κ3) is 7.99. The highest BCUT2D eigenvalue weighted by Gasteiger charge is 2.18. The Morgan fingerprint density at radius 2 is 1.74 bits per heavy atom. The summed E-state index contributed by atoms with van der Waals surface area (Å²) in [6, 6.07) is 17.7. The first-order chi connectivity index (χ1) is 14.7. The van der Waals surface area contributed by atoms with E-state index in [9.17, 15) is 4.79 Å². The number of benzene rings is 2. The van der Waals surface area contributed by atoms with Gasteiger partial charge in [-0.05, 0) is 30.2 Å². The predicted octanol–water partition coefficient (Wildman–Crippen LogP) is 3.20. The van der Waals surface area contributed by atoms with E-state index in [1.165, 1.54) is 5.56 Å². The lowest BCUT2D eigenvalue weighted by Crippen LogP contribution is -2.52. The number of piperazine rings is 1. The highest BCUT2D eigenvalue weighted by atomic mass is 127. The van der Waals surface area contributed by atoms with Crippen LogP contribution in [-0.4, -0.2) is 60.9 Å².